The van der Waals surface area contributed by atoms with Crippen LogP contribution in [0.15, 0.2) is 18.3 Å². The second kappa shape index (κ2) is 5.37. The van der Waals surface area contributed by atoms with Gasteiger partial charge in [0.25, 0.3) is 0 Å². The van der Waals surface area contributed by atoms with Crippen LogP contribution in [0.5, 0.6) is 0 Å². The van der Waals surface area contributed by atoms with Crippen molar-refractivity contribution in [2.75, 3.05) is 0 Å². The number of aryl methyl sites for hydroxylation is 1. The minimum absolute atomic E-state index is 0.00393. The molecule has 0 bridgehead atoms. The molecule has 0 spiro atoms. The van der Waals surface area contributed by atoms with Gasteiger partial charge in [0.15, 0.2) is 0 Å². The fourth-order valence-electron chi connectivity index (χ4n) is 1.27. The Hall–Kier alpha value is -1.38. The number of rotatable bonds is 5. The van der Waals surface area contributed by atoms with Crippen molar-refractivity contribution in [3.05, 3.63) is 29.6 Å². The Kier molecular flexibility index (Phi) is 4.11. The molecule has 0 amide bonds. The lowest BCUT2D eigenvalue weighted by Crippen LogP contribution is -2.23. The van der Waals surface area contributed by atoms with Crippen LogP contribution in [0, 0.1) is 0 Å². The summed E-state index contributed by atoms with van der Waals surface area (Å²) in [6.45, 7) is 2.15. The summed E-state index contributed by atoms with van der Waals surface area (Å²) in [6, 6.07) is 3.30. The van der Waals surface area contributed by atoms with Gasteiger partial charge < -0.3 is 9.90 Å². The van der Waals surface area contributed by atoms with Gasteiger partial charge in [-0.15, -0.1) is 0 Å². The third-order valence-electron chi connectivity index (χ3n) is 2.10. The van der Waals surface area contributed by atoms with Crippen molar-refractivity contribution >= 4 is 5.97 Å². The largest absolute Gasteiger partial charge is 0.543 e. The number of aromatic nitrogens is 1. The van der Waals surface area contributed by atoms with Gasteiger partial charge in [0.2, 0.25) is 0 Å². The molecular weight excluding hydrogens is 178 g/mol. The normalized spacial score (nSPS) is 10.1. The molecule has 0 atom stereocenters. The van der Waals surface area contributed by atoms with E-state index in [1.807, 2.05) is 0 Å². The van der Waals surface area contributed by atoms with Crippen molar-refractivity contribution in [1.29, 1.82) is 0 Å². The Balaban J connectivity index is 2.51. The predicted molar refractivity (Wildman–Crippen MR) is 51.8 cm³/mol. The smallest absolute Gasteiger partial charge is 0.0899 e. The zero-order valence-electron chi connectivity index (χ0n) is 8.32. The SMILES string of the molecule is CCCCCc1ccc(C(=O)[O-])nc1. The number of pyridine rings is 1. The summed E-state index contributed by atoms with van der Waals surface area (Å²) in [6.07, 6.45) is 6.09. The molecule has 1 aromatic heterocycles. The predicted octanol–water partition coefficient (Wildman–Crippen LogP) is 1.18. The molecule has 0 aromatic carbocycles. The van der Waals surface area contributed by atoms with E-state index in [1.54, 1.807) is 12.3 Å². The summed E-state index contributed by atoms with van der Waals surface area (Å²) in [5.74, 6) is -1.22. The number of hydrogen-bond acceptors (Lipinski definition) is 3. The highest BCUT2D eigenvalue weighted by atomic mass is 16.4. The van der Waals surface area contributed by atoms with Gasteiger partial charge in [0.05, 0.1) is 11.7 Å². The van der Waals surface area contributed by atoms with E-state index in [0.29, 0.717) is 0 Å². The Morgan fingerprint density at radius 2 is 2.21 bits per heavy atom. The zero-order valence-corrected chi connectivity index (χ0v) is 8.32. The lowest BCUT2D eigenvalue weighted by Gasteiger charge is -2.03. The van der Waals surface area contributed by atoms with E-state index >= 15 is 0 Å². The highest BCUT2D eigenvalue weighted by Crippen LogP contribution is 2.05. The number of aromatic carboxylic acids is 1. The van der Waals surface area contributed by atoms with Crippen LogP contribution >= 0.6 is 0 Å². The summed E-state index contributed by atoms with van der Waals surface area (Å²) >= 11 is 0. The number of carboxylic acid groups (broad SMARTS) is 1. The molecule has 0 unspecified atom stereocenters. The fraction of sp³-hybridized carbons (Fsp3) is 0.455. The average molecular weight is 192 g/mol. The van der Waals surface area contributed by atoms with E-state index in [1.165, 1.54) is 18.9 Å². The van der Waals surface area contributed by atoms with Crippen LogP contribution < -0.4 is 5.11 Å². The standard InChI is InChI=1S/C11H15NO2/c1-2-3-4-5-9-6-7-10(11(13)14)12-8-9/h6-8H,2-5H2,1H3,(H,13,14)/p-1. The lowest BCUT2D eigenvalue weighted by molar-refractivity contribution is -0.255. The molecule has 0 aliphatic carbocycles. The van der Waals surface area contributed by atoms with Crippen LogP contribution in [0.3, 0.4) is 0 Å². The van der Waals surface area contributed by atoms with E-state index < -0.39 is 5.97 Å². The number of hydrogen-bond donors (Lipinski definition) is 0. The van der Waals surface area contributed by atoms with Crippen molar-refractivity contribution in [3.63, 3.8) is 0 Å². The third kappa shape index (κ3) is 3.17. The fourth-order valence-corrected chi connectivity index (χ4v) is 1.27. The number of unbranched alkanes of at least 4 members (excludes halogenated alkanes) is 2. The second-order valence-corrected chi connectivity index (χ2v) is 3.30. The highest BCUT2D eigenvalue weighted by Gasteiger charge is 1.96. The number of carbonyl (C=O) groups excluding carboxylic acids is 1. The monoisotopic (exact) mass is 192 g/mol. The maximum atomic E-state index is 10.4. The maximum Gasteiger partial charge on any atom is 0.0899 e. The van der Waals surface area contributed by atoms with Gasteiger partial charge in [0.1, 0.15) is 0 Å². The molecule has 0 aliphatic rings. The quantitative estimate of drug-likeness (QED) is 0.658. The van der Waals surface area contributed by atoms with Crippen molar-refractivity contribution in [2.24, 2.45) is 0 Å². The maximum absolute atomic E-state index is 10.4. The van der Waals surface area contributed by atoms with Crippen LogP contribution in [0.4, 0.5) is 0 Å². The minimum atomic E-state index is -1.22. The van der Waals surface area contributed by atoms with E-state index in [4.69, 9.17) is 0 Å². The number of carboxylic acids is 1. The minimum Gasteiger partial charge on any atom is -0.543 e. The molecule has 1 rings (SSSR count). The summed E-state index contributed by atoms with van der Waals surface area (Å²) in [7, 11) is 0. The molecule has 76 valence electrons. The van der Waals surface area contributed by atoms with Gasteiger partial charge in [-0.25, -0.2) is 0 Å². The van der Waals surface area contributed by atoms with E-state index in [-0.39, 0.29) is 5.69 Å². The van der Waals surface area contributed by atoms with Crippen LogP contribution in [-0.2, 0) is 6.42 Å². The molecule has 0 radical (unpaired) electrons. The Bertz CT molecular complexity index is 293. The van der Waals surface area contributed by atoms with Gasteiger partial charge in [-0.1, -0.05) is 25.8 Å². The highest BCUT2D eigenvalue weighted by molar-refractivity contribution is 5.83. The van der Waals surface area contributed by atoms with Crippen LogP contribution in [0.1, 0.15) is 42.2 Å². The first-order chi connectivity index (χ1) is 6.74. The molecule has 0 saturated heterocycles. The molecule has 3 heteroatoms. The topological polar surface area (TPSA) is 53.0 Å². The molecule has 0 saturated carbocycles. The van der Waals surface area contributed by atoms with Crippen LogP contribution in [0.25, 0.3) is 0 Å². The molecule has 1 heterocycles. The zero-order chi connectivity index (χ0) is 10.4. The Morgan fingerprint density at radius 3 is 2.71 bits per heavy atom. The Morgan fingerprint density at radius 1 is 1.43 bits per heavy atom. The lowest BCUT2D eigenvalue weighted by atomic mass is 10.1. The van der Waals surface area contributed by atoms with E-state index in [2.05, 4.69) is 11.9 Å². The van der Waals surface area contributed by atoms with Crippen LogP contribution in [-0.4, -0.2) is 11.0 Å². The second-order valence-electron chi connectivity index (χ2n) is 3.30. The van der Waals surface area contributed by atoms with E-state index in [0.717, 1.165) is 18.4 Å². The number of nitrogens with zero attached hydrogens (tertiary/aromatic N) is 1. The van der Waals surface area contributed by atoms with Crippen molar-refractivity contribution in [1.82, 2.24) is 4.98 Å². The molecule has 0 fully saturated rings. The third-order valence-corrected chi connectivity index (χ3v) is 2.10. The first kappa shape index (κ1) is 10.7. The van der Waals surface area contributed by atoms with Gasteiger partial charge >= 0.3 is 0 Å². The van der Waals surface area contributed by atoms with Crippen molar-refractivity contribution < 1.29 is 9.90 Å². The van der Waals surface area contributed by atoms with Gasteiger partial charge in [-0.2, -0.15) is 0 Å². The summed E-state index contributed by atoms with van der Waals surface area (Å²) < 4.78 is 0. The summed E-state index contributed by atoms with van der Waals surface area (Å²) in [5, 5.41) is 10.4. The van der Waals surface area contributed by atoms with Crippen LogP contribution in [0.2, 0.25) is 0 Å². The van der Waals surface area contributed by atoms with Crippen molar-refractivity contribution in [2.45, 2.75) is 32.6 Å². The van der Waals surface area contributed by atoms with Crippen molar-refractivity contribution in [3.8, 4) is 0 Å². The molecule has 1 aromatic rings. The van der Waals surface area contributed by atoms with E-state index in [9.17, 15) is 9.90 Å². The molecule has 0 N–H and O–H groups in total. The molecule has 14 heavy (non-hydrogen) atoms. The summed E-state index contributed by atoms with van der Waals surface area (Å²) in [4.78, 5) is 14.2. The first-order valence-electron chi connectivity index (χ1n) is 4.90. The van der Waals surface area contributed by atoms with Gasteiger partial charge in [0, 0.05) is 6.20 Å². The molecular formula is C11H14NO2-. The average Bonchev–Trinajstić information content (AvgIpc) is 2.19. The first-order valence-corrected chi connectivity index (χ1v) is 4.90. The summed E-state index contributed by atoms with van der Waals surface area (Å²) in [5.41, 5.74) is 1.09. The van der Waals surface area contributed by atoms with Gasteiger partial charge in [-0.05, 0) is 24.5 Å². The molecule has 0 aliphatic heterocycles. The molecule has 3 nitrogen and oxygen atoms in total. The Labute approximate surface area is 83.8 Å². The van der Waals surface area contributed by atoms with Gasteiger partial charge in [-0.3, -0.25) is 4.98 Å². The number of carbonyl (C=O) groups is 1.